The van der Waals surface area contributed by atoms with E-state index in [-0.39, 0.29) is 40.0 Å². The van der Waals surface area contributed by atoms with Gasteiger partial charge in [-0.1, -0.05) is 41.9 Å². The Labute approximate surface area is 204 Å². The summed E-state index contributed by atoms with van der Waals surface area (Å²) in [7, 11) is 1.40. The molecule has 4 rings (SSSR count). The number of fused-ring (bicyclic) bond motifs is 1. The molecule has 1 atom stereocenters. The van der Waals surface area contributed by atoms with Crippen molar-refractivity contribution >= 4 is 40.1 Å². The number of pyridine rings is 1. The van der Waals surface area contributed by atoms with Crippen LogP contribution in [0.25, 0.3) is 11.0 Å². The molecule has 11 heteroatoms. The van der Waals surface area contributed by atoms with Gasteiger partial charge >= 0.3 is 6.01 Å². The molecule has 35 heavy (non-hydrogen) atoms. The van der Waals surface area contributed by atoms with Gasteiger partial charge in [0.05, 0.1) is 23.9 Å². The van der Waals surface area contributed by atoms with E-state index in [0.29, 0.717) is 5.39 Å². The number of hydrogen-bond acceptors (Lipinski definition) is 7. The van der Waals surface area contributed by atoms with Gasteiger partial charge in [0.2, 0.25) is 0 Å². The monoisotopic (exact) mass is 492 g/mol. The molecule has 2 aromatic heterocycles. The fraction of sp³-hybridized carbons (Fsp3) is 0.125. The number of H-pyrrole nitrogens is 1. The predicted octanol–water partition coefficient (Wildman–Crippen LogP) is 2.66. The van der Waals surface area contributed by atoms with Crippen LogP contribution in [-0.4, -0.2) is 40.4 Å². The molecule has 0 unspecified atom stereocenters. The molecule has 178 valence electrons. The summed E-state index contributed by atoms with van der Waals surface area (Å²) in [6, 6.07) is 14.8. The molecule has 5 N–H and O–H groups in total. The van der Waals surface area contributed by atoms with E-state index in [1.54, 1.807) is 0 Å². The zero-order valence-corrected chi connectivity index (χ0v) is 19.3. The molecule has 0 aliphatic rings. The number of benzene rings is 2. The lowest BCUT2D eigenvalue weighted by Crippen LogP contribution is -2.33. The van der Waals surface area contributed by atoms with Crippen molar-refractivity contribution in [3.8, 4) is 6.01 Å². The molecule has 10 nitrogen and oxygen atoms in total. The van der Waals surface area contributed by atoms with Gasteiger partial charge in [-0.3, -0.25) is 14.4 Å². The van der Waals surface area contributed by atoms with E-state index >= 15 is 0 Å². The molecule has 0 saturated heterocycles. The summed E-state index contributed by atoms with van der Waals surface area (Å²) >= 11 is 6.24. The number of ether oxygens (including phenoxy) is 1. The van der Waals surface area contributed by atoms with Crippen molar-refractivity contribution in [1.29, 1.82) is 0 Å². The molecule has 0 aliphatic carbocycles. The van der Waals surface area contributed by atoms with Crippen LogP contribution in [-0.2, 0) is 0 Å². The first-order chi connectivity index (χ1) is 16.9. The molecule has 2 heterocycles. The number of anilines is 1. The summed E-state index contributed by atoms with van der Waals surface area (Å²) in [5.41, 5.74) is 6.52. The van der Waals surface area contributed by atoms with E-state index in [1.165, 1.54) is 37.6 Å². The van der Waals surface area contributed by atoms with E-state index in [1.807, 2.05) is 30.3 Å². The number of hydrogen-bond donors (Lipinski definition) is 4. The van der Waals surface area contributed by atoms with E-state index in [0.717, 1.165) is 5.56 Å². The van der Waals surface area contributed by atoms with Gasteiger partial charge in [-0.15, -0.1) is 0 Å². The Balaban J connectivity index is 1.56. The lowest BCUT2D eigenvalue weighted by molar-refractivity contribution is 0.0936. The van der Waals surface area contributed by atoms with Gasteiger partial charge in [-0.25, -0.2) is 4.98 Å². The second kappa shape index (κ2) is 10.3. The predicted molar refractivity (Wildman–Crippen MR) is 132 cm³/mol. The Hall–Kier alpha value is -4.28. The van der Waals surface area contributed by atoms with Crippen LogP contribution in [0.2, 0.25) is 5.02 Å². The van der Waals surface area contributed by atoms with Crippen molar-refractivity contribution in [2.45, 2.75) is 6.04 Å². The van der Waals surface area contributed by atoms with E-state index < -0.39 is 23.4 Å². The molecular weight excluding hydrogens is 472 g/mol. The molecule has 0 bridgehead atoms. The second-order valence-corrected chi connectivity index (χ2v) is 7.90. The summed E-state index contributed by atoms with van der Waals surface area (Å²) in [5.74, 6) is -1.11. The smallest absolute Gasteiger partial charge is 0.318 e. The SMILES string of the molecule is COc1ncc2cc(C(=O)Nc3cc(C(=O)N[C@H](CN)c4ccccc4)ccc3Cl)c(=O)[nH]c2n1. The Morgan fingerprint density at radius 3 is 2.63 bits per heavy atom. The Morgan fingerprint density at radius 2 is 1.91 bits per heavy atom. The average Bonchev–Trinajstić information content (AvgIpc) is 2.88. The minimum atomic E-state index is -0.715. The van der Waals surface area contributed by atoms with Crippen LogP contribution in [0.4, 0.5) is 5.69 Å². The van der Waals surface area contributed by atoms with Gasteiger partial charge in [0.1, 0.15) is 11.2 Å². The average molecular weight is 493 g/mol. The van der Waals surface area contributed by atoms with Gasteiger partial charge < -0.3 is 26.1 Å². The van der Waals surface area contributed by atoms with E-state index in [9.17, 15) is 14.4 Å². The van der Waals surface area contributed by atoms with Gasteiger partial charge in [0.25, 0.3) is 17.4 Å². The highest BCUT2D eigenvalue weighted by atomic mass is 35.5. The molecule has 0 radical (unpaired) electrons. The van der Waals surface area contributed by atoms with Gasteiger partial charge in [-0.05, 0) is 29.8 Å². The topological polar surface area (TPSA) is 152 Å². The van der Waals surface area contributed by atoms with Crippen molar-refractivity contribution < 1.29 is 14.3 Å². The number of amides is 2. The summed E-state index contributed by atoms with van der Waals surface area (Å²) in [6.07, 6.45) is 1.42. The van der Waals surface area contributed by atoms with Gasteiger partial charge in [0.15, 0.2) is 0 Å². The van der Waals surface area contributed by atoms with Crippen LogP contribution < -0.4 is 26.7 Å². The number of carbonyl (C=O) groups is 2. The third kappa shape index (κ3) is 5.29. The second-order valence-electron chi connectivity index (χ2n) is 7.49. The van der Waals surface area contributed by atoms with Crippen molar-refractivity contribution in [3.63, 3.8) is 0 Å². The number of carbonyl (C=O) groups excluding carboxylic acids is 2. The highest BCUT2D eigenvalue weighted by Gasteiger charge is 2.18. The van der Waals surface area contributed by atoms with Gasteiger partial charge in [0, 0.05) is 23.7 Å². The lowest BCUT2D eigenvalue weighted by atomic mass is 10.1. The largest absolute Gasteiger partial charge is 0.467 e. The van der Waals surface area contributed by atoms with Crippen molar-refractivity contribution in [3.05, 3.63) is 92.9 Å². The maximum absolute atomic E-state index is 12.9. The van der Waals surface area contributed by atoms with E-state index in [2.05, 4.69) is 25.6 Å². The highest BCUT2D eigenvalue weighted by molar-refractivity contribution is 6.34. The quantitative estimate of drug-likeness (QED) is 0.309. The first-order valence-corrected chi connectivity index (χ1v) is 10.9. The number of rotatable bonds is 7. The van der Waals surface area contributed by atoms with Crippen LogP contribution in [0.1, 0.15) is 32.3 Å². The van der Waals surface area contributed by atoms with Crippen LogP contribution in [0.5, 0.6) is 6.01 Å². The number of aromatic nitrogens is 3. The lowest BCUT2D eigenvalue weighted by Gasteiger charge is -2.18. The van der Waals surface area contributed by atoms with Crippen molar-refractivity contribution in [2.24, 2.45) is 5.73 Å². The third-order valence-electron chi connectivity index (χ3n) is 5.22. The van der Waals surface area contributed by atoms with E-state index in [4.69, 9.17) is 22.1 Å². The molecule has 2 aromatic carbocycles. The Morgan fingerprint density at radius 1 is 1.14 bits per heavy atom. The summed E-state index contributed by atoms with van der Waals surface area (Å²) in [5, 5.41) is 6.09. The van der Waals surface area contributed by atoms with Crippen LogP contribution in [0.15, 0.2) is 65.6 Å². The number of halogens is 1. The maximum atomic E-state index is 12.9. The number of nitrogens with two attached hydrogens (primary N) is 1. The number of nitrogens with zero attached hydrogens (tertiary/aromatic N) is 2. The number of nitrogens with one attached hydrogen (secondary N) is 3. The highest BCUT2D eigenvalue weighted by Crippen LogP contribution is 2.24. The first kappa shape index (κ1) is 23.9. The molecule has 2 amide bonds. The molecule has 4 aromatic rings. The molecule has 0 saturated carbocycles. The standard InChI is InChI=1S/C24H21ClN6O4/c1-35-24-27-12-15-9-16(23(34)30-20(15)31-24)22(33)28-18-10-14(7-8-17(18)25)21(32)29-19(11-26)13-5-3-2-4-6-13/h2-10,12,19H,11,26H2,1H3,(H,28,33)(H,29,32)(H,27,30,31,34)/t19-/m1/s1. The number of methoxy groups -OCH3 is 1. The zero-order chi connectivity index (χ0) is 24.9. The van der Waals surface area contributed by atoms with Gasteiger partial charge in [-0.2, -0.15) is 4.98 Å². The van der Waals surface area contributed by atoms with Crippen molar-refractivity contribution in [1.82, 2.24) is 20.3 Å². The summed E-state index contributed by atoms with van der Waals surface area (Å²) < 4.78 is 4.94. The Kier molecular flexibility index (Phi) is 7.04. The normalized spacial score (nSPS) is 11.6. The van der Waals surface area contributed by atoms with Crippen molar-refractivity contribution in [2.75, 3.05) is 19.0 Å². The summed E-state index contributed by atoms with van der Waals surface area (Å²) in [6.45, 7) is 0.202. The number of aromatic amines is 1. The molecule has 0 fully saturated rings. The molecular formula is C24H21ClN6O4. The fourth-order valence-corrected chi connectivity index (χ4v) is 3.57. The minimum Gasteiger partial charge on any atom is -0.467 e. The molecule has 0 aliphatic heterocycles. The van der Waals surface area contributed by atoms with Crippen LogP contribution in [0, 0.1) is 0 Å². The Bertz CT molecular complexity index is 1460. The van der Waals surface area contributed by atoms with Crippen LogP contribution in [0.3, 0.4) is 0 Å². The first-order valence-electron chi connectivity index (χ1n) is 10.5. The minimum absolute atomic E-state index is 0.0800. The fourth-order valence-electron chi connectivity index (χ4n) is 3.40. The summed E-state index contributed by atoms with van der Waals surface area (Å²) in [4.78, 5) is 48.8. The third-order valence-corrected chi connectivity index (χ3v) is 5.55. The maximum Gasteiger partial charge on any atom is 0.318 e. The van der Waals surface area contributed by atoms with Crippen LogP contribution >= 0.6 is 11.6 Å². The zero-order valence-electron chi connectivity index (χ0n) is 18.5. The molecule has 0 spiro atoms.